The van der Waals surface area contributed by atoms with Gasteiger partial charge in [-0.25, -0.2) is 4.98 Å². The van der Waals surface area contributed by atoms with Crippen LogP contribution in [0.1, 0.15) is 13.8 Å². The predicted octanol–water partition coefficient (Wildman–Crippen LogP) is 1.21. The highest BCUT2D eigenvalue weighted by Gasteiger charge is 2.17. The first-order valence-corrected chi connectivity index (χ1v) is 5.75. The van der Waals surface area contributed by atoms with Crippen LogP contribution in [0.5, 0.6) is 0 Å². The van der Waals surface area contributed by atoms with Gasteiger partial charge in [-0.3, -0.25) is 0 Å². The van der Waals surface area contributed by atoms with Gasteiger partial charge in [-0.1, -0.05) is 0 Å². The molecule has 2 aromatic rings. The number of rotatable bonds is 4. The lowest BCUT2D eigenvalue weighted by molar-refractivity contribution is 0.298. The first kappa shape index (κ1) is 12.1. The topological polar surface area (TPSA) is 77.9 Å². The molecular weight excluding hydrogens is 242 g/mol. The number of nitrogens with one attached hydrogen (secondary N) is 1. The van der Waals surface area contributed by atoms with Crippen molar-refractivity contribution in [1.29, 1.82) is 0 Å². The van der Waals surface area contributed by atoms with E-state index in [0.29, 0.717) is 18.0 Å². The fourth-order valence-electron chi connectivity index (χ4n) is 1.72. The Morgan fingerprint density at radius 1 is 1.47 bits per heavy atom. The summed E-state index contributed by atoms with van der Waals surface area (Å²) in [4.78, 5) is 17.2. The summed E-state index contributed by atoms with van der Waals surface area (Å²) in [6.45, 7) is 4.58. The molecule has 0 atom stereocenters. The zero-order chi connectivity index (χ0) is 12.4. The Kier molecular flexibility index (Phi) is 3.44. The molecule has 0 unspecified atom stereocenters. The van der Waals surface area contributed by atoms with Gasteiger partial charge in [-0.2, -0.15) is 9.97 Å². The Balaban J connectivity index is 2.54. The van der Waals surface area contributed by atoms with Gasteiger partial charge in [0.1, 0.15) is 5.52 Å². The van der Waals surface area contributed by atoms with E-state index in [2.05, 4.69) is 19.9 Å². The van der Waals surface area contributed by atoms with Crippen LogP contribution in [0.4, 0.5) is 5.82 Å². The third-order valence-corrected chi connectivity index (χ3v) is 2.64. The maximum absolute atomic E-state index is 9.09. The second-order valence-electron chi connectivity index (χ2n) is 3.93. The summed E-state index contributed by atoms with van der Waals surface area (Å²) >= 11 is 5.86. The van der Waals surface area contributed by atoms with Crippen LogP contribution in [-0.4, -0.2) is 44.2 Å². The Morgan fingerprint density at radius 3 is 2.88 bits per heavy atom. The average Bonchev–Trinajstić information content (AvgIpc) is 2.72. The number of halogens is 1. The number of imidazole rings is 1. The van der Waals surface area contributed by atoms with Crippen LogP contribution >= 0.6 is 11.6 Å². The molecule has 0 amide bonds. The van der Waals surface area contributed by atoms with Crippen molar-refractivity contribution < 1.29 is 5.11 Å². The standard InChI is InChI=1S/C10H14ClN5O/c1-6(2)16(3-4-17)9-7-8(13-5-12-7)14-10(11)15-9/h5-6,17H,3-4H2,1-2H3,(H,12,13,14,15). The van der Waals surface area contributed by atoms with Crippen LogP contribution in [-0.2, 0) is 0 Å². The number of aliphatic hydroxyl groups excluding tert-OH is 1. The normalized spacial score (nSPS) is 11.4. The molecule has 17 heavy (non-hydrogen) atoms. The van der Waals surface area contributed by atoms with E-state index in [1.165, 1.54) is 0 Å². The lowest BCUT2D eigenvalue weighted by Crippen LogP contribution is -2.34. The van der Waals surface area contributed by atoms with Crippen LogP contribution < -0.4 is 4.90 Å². The second kappa shape index (κ2) is 4.85. The van der Waals surface area contributed by atoms with E-state index in [-0.39, 0.29) is 17.9 Å². The summed E-state index contributed by atoms with van der Waals surface area (Å²) < 4.78 is 0. The number of hydrogen-bond donors (Lipinski definition) is 2. The van der Waals surface area contributed by atoms with Gasteiger partial charge in [-0.15, -0.1) is 0 Å². The molecule has 2 aromatic heterocycles. The fraction of sp³-hybridized carbons (Fsp3) is 0.500. The summed E-state index contributed by atoms with van der Waals surface area (Å²) in [5.74, 6) is 0.668. The first-order chi connectivity index (χ1) is 8.13. The minimum atomic E-state index is 0.0510. The minimum Gasteiger partial charge on any atom is -0.395 e. The van der Waals surface area contributed by atoms with E-state index in [9.17, 15) is 0 Å². The third-order valence-electron chi connectivity index (χ3n) is 2.48. The number of aromatic nitrogens is 4. The van der Waals surface area contributed by atoms with E-state index < -0.39 is 0 Å². The molecule has 0 saturated heterocycles. The number of aromatic amines is 1. The van der Waals surface area contributed by atoms with Gasteiger partial charge < -0.3 is 15.0 Å². The predicted molar refractivity (Wildman–Crippen MR) is 66.3 cm³/mol. The Bertz CT molecular complexity index is 512. The fourth-order valence-corrected chi connectivity index (χ4v) is 1.88. The van der Waals surface area contributed by atoms with Crippen molar-refractivity contribution in [3.63, 3.8) is 0 Å². The molecular formula is C10H14ClN5O. The molecule has 0 spiro atoms. The van der Waals surface area contributed by atoms with Gasteiger partial charge >= 0.3 is 0 Å². The molecule has 0 radical (unpaired) electrons. The minimum absolute atomic E-state index is 0.0510. The van der Waals surface area contributed by atoms with Crippen molar-refractivity contribution in [2.45, 2.75) is 19.9 Å². The molecule has 2 heterocycles. The van der Waals surface area contributed by atoms with Crippen molar-refractivity contribution in [2.24, 2.45) is 0 Å². The van der Waals surface area contributed by atoms with Gasteiger partial charge in [0.2, 0.25) is 5.28 Å². The lowest BCUT2D eigenvalue weighted by Gasteiger charge is -2.27. The second-order valence-corrected chi connectivity index (χ2v) is 4.27. The number of hydrogen-bond acceptors (Lipinski definition) is 5. The molecule has 0 aliphatic carbocycles. The summed E-state index contributed by atoms with van der Waals surface area (Å²) in [6, 6.07) is 0.194. The van der Waals surface area contributed by atoms with Crippen LogP contribution in [0.15, 0.2) is 6.33 Å². The zero-order valence-corrected chi connectivity index (χ0v) is 10.4. The Morgan fingerprint density at radius 2 is 2.24 bits per heavy atom. The zero-order valence-electron chi connectivity index (χ0n) is 9.68. The van der Waals surface area contributed by atoms with Crippen molar-refractivity contribution in [3.8, 4) is 0 Å². The highest BCUT2D eigenvalue weighted by Crippen LogP contribution is 2.23. The molecule has 92 valence electrons. The molecule has 2 rings (SSSR count). The van der Waals surface area contributed by atoms with E-state index >= 15 is 0 Å². The monoisotopic (exact) mass is 255 g/mol. The number of nitrogens with zero attached hydrogens (tertiary/aromatic N) is 4. The Labute approximate surface area is 104 Å². The average molecular weight is 256 g/mol. The molecule has 6 nitrogen and oxygen atoms in total. The third kappa shape index (κ3) is 2.32. The summed E-state index contributed by atoms with van der Waals surface area (Å²) in [5, 5.41) is 9.25. The number of anilines is 1. The largest absolute Gasteiger partial charge is 0.395 e. The SMILES string of the molecule is CC(C)N(CCO)c1nc(Cl)nc2nc[nH]c12. The molecule has 0 saturated carbocycles. The summed E-state index contributed by atoms with van der Waals surface area (Å²) in [6.07, 6.45) is 1.55. The van der Waals surface area contributed by atoms with Crippen molar-refractivity contribution in [3.05, 3.63) is 11.6 Å². The molecule has 0 aliphatic rings. The smallest absolute Gasteiger partial charge is 0.226 e. The first-order valence-electron chi connectivity index (χ1n) is 5.37. The number of fused-ring (bicyclic) bond motifs is 1. The van der Waals surface area contributed by atoms with E-state index in [1.54, 1.807) is 6.33 Å². The summed E-state index contributed by atoms with van der Waals surface area (Å²) in [5.41, 5.74) is 1.26. The lowest BCUT2D eigenvalue weighted by atomic mass is 10.3. The van der Waals surface area contributed by atoms with Crippen LogP contribution in [0.3, 0.4) is 0 Å². The maximum atomic E-state index is 9.09. The number of H-pyrrole nitrogens is 1. The quantitative estimate of drug-likeness (QED) is 0.803. The van der Waals surface area contributed by atoms with Crippen molar-refractivity contribution >= 4 is 28.6 Å². The highest BCUT2D eigenvalue weighted by atomic mass is 35.5. The molecule has 0 aromatic carbocycles. The van der Waals surface area contributed by atoms with E-state index in [4.69, 9.17) is 16.7 Å². The van der Waals surface area contributed by atoms with E-state index in [1.807, 2.05) is 18.7 Å². The van der Waals surface area contributed by atoms with Gasteiger partial charge in [0.05, 0.1) is 12.9 Å². The molecule has 7 heteroatoms. The van der Waals surface area contributed by atoms with Crippen molar-refractivity contribution in [2.75, 3.05) is 18.1 Å². The van der Waals surface area contributed by atoms with Crippen LogP contribution in [0.2, 0.25) is 5.28 Å². The molecule has 0 bridgehead atoms. The molecule has 0 aliphatic heterocycles. The molecule has 0 fully saturated rings. The van der Waals surface area contributed by atoms with Gasteiger partial charge in [0, 0.05) is 12.6 Å². The Hall–Kier alpha value is -1.40. The van der Waals surface area contributed by atoms with Gasteiger partial charge in [0.25, 0.3) is 0 Å². The highest BCUT2D eigenvalue weighted by molar-refractivity contribution is 6.28. The maximum Gasteiger partial charge on any atom is 0.226 e. The van der Waals surface area contributed by atoms with Gasteiger partial charge in [0.15, 0.2) is 11.5 Å². The molecule has 2 N–H and O–H groups in total. The van der Waals surface area contributed by atoms with Crippen LogP contribution in [0, 0.1) is 0 Å². The van der Waals surface area contributed by atoms with E-state index in [0.717, 1.165) is 5.52 Å². The van der Waals surface area contributed by atoms with Crippen molar-refractivity contribution in [1.82, 2.24) is 19.9 Å². The van der Waals surface area contributed by atoms with Crippen LogP contribution in [0.25, 0.3) is 11.2 Å². The summed E-state index contributed by atoms with van der Waals surface area (Å²) in [7, 11) is 0. The number of aliphatic hydroxyl groups is 1. The van der Waals surface area contributed by atoms with Gasteiger partial charge in [-0.05, 0) is 25.4 Å².